The van der Waals surface area contributed by atoms with Crippen molar-refractivity contribution in [3.05, 3.63) is 35.5 Å². The van der Waals surface area contributed by atoms with Crippen molar-refractivity contribution in [2.24, 2.45) is 0 Å². The van der Waals surface area contributed by atoms with Crippen LogP contribution in [0.3, 0.4) is 0 Å². The number of aromatic nitrogens is 2. The number of hydrogen-bond donors (Lipinski definition) is 1. The van der Waals surface area contributed by atoms with E-state index >= 15 is 0 Å². The van der Waals surface area contributed by atoms with E-state index in [1.165, 1.54) is 5.56 Å². The van der Waals surface area contributed by atoms with Gasteiger partial charge in [-0.1, -0.05) is 13.0 Å². The molecular formula is C20H27N5O2. The second kappa shape index (κ2) is 8.00. The van der Waals surface area contributed by atoms with Crippen LogP contribution in [-0.4, -0.2) is 54.4 Å². The summed E-state index contributed by atoms with van der Waals surface area (Å²) in [6, 6.07) is 8.22. The molecular weight excluding hydrogens is 342 g/mol. The van der Waals surface area contributed by atoms with Crippen LogP contribution in [0.25, 0.3) is 0 Å². The summed E-state index contributed by atoms with van der Waals surface area (Å²) in [5.41, 5.74) is 2.26. The summed E-state index contributed by atoms with van der Waals surface area (Å²) in [5.74, 6) is 3.44. The SMILES string of the molecule is CCCNc1cc(C)nc(N2CCN(Cc3ccc4c(c3)OCO4)CC2)n1. The summed E-state index contributed by atoms with van der Waals surface area (Å²) in [6.07, 6.45) is 1.08. The highest BCUT2D eigenvalue weighted by Gasteiger charge is 2.21. The molecule has 0 aliphatic carbocycles. The van der Waals surface area contributed by atoms with Crippen molar-refractivity contribution in [2.75, 3.05) is 49.7 Å². The molecule has 0 atom stereocenters. The lowest BCUT2D eigenvalue weighted by molar-refractivity contribution is 0.174. The molecule has 0 radical (unpaired) electrons. The number of anilines is 2. The molecule has 0 spiro atoms. The van der Waals surface area contributed by atoms with Crippen molar-refractivity contribution in [1.29, 1.82) is 0 Å². The van der Waals surface area contributed by atoms with E-state index in [2.05, 4.69) is 39.2 Å². The fourth-order valence-corrected chi connectivity index (χ4v) is 3.44. The van der Waals surface area contributed by atoms with Crippen LogP contribution in [0, 0.1) is 6.92 Å². The molecule has 1 saturated heterocycles. The second-order valence-corrected chi connectivity index (χ2v) is 7.07. The summed E-state index contributed by atoms with van der Waals surface area (Å²) in [5, 5.41) is 3.37. The highest BCUT2D eigenvalue weighted by molar-refractivity contribution is 5.45. The molecule has 2 aliphatic heterocycles. The average Bonchev–Trinajstić information content (AvgIpc) is 3.14. The molecule has 0 bridgehead atoms. The van der Waals surface area contributed by atoms with Crippen LogP contribution < -0.4 is 19.7 Å². The highest BCUT2D eigenvalue weighted by atomic mass is 16.7. The third-order valence-electron chi connectivity index (χ3n) is 4.90. The van der Waals surface area contributed by atoms with Crippen molar-refractivity contribution < 1.29 is 9.47 Å². The zero-order chi connectivity index (χ0) is 18.6. The monoisotopic (exact) mass is 369 g/mol. The minimum absolute atomic E-state index is 0.322. The van der Waals surface area contributed by atoms with Gasteiger partial charge in [0.2, 0.25) is 12.7 Å². The van der Waals surface area contributed by atoms with Gasteiger partial charge in [0.1, 0.15) is 5.82 Å². The van der Waals surface area contributed by atoms with Gasteiger partial charge in [0.25, 0.3) is 0 Å². The van der Waals surface area contributed by atoms with Crippen molar-refractivity contribution in [3.63, 3.8) is 0 Å². The summed E-state index contributed by atoms with van der Waals surface area (Å²) in [4.78, 5) is 14.1. The van der Waals surface area contributed by atoms with Crippen molar-refractivity contribution in [1.82, 2.24) is 14.9 Å². The molecule has 144 valence electrons. The molecule has 0 saturated carbocycles. The zero-order valence-electron chi connectivity index (χ0n) is 16.1. The Bertz CT molecular complexity index is 790. The molecule has 3 heterocycles. The molecule has 1 aromatic heterocycles. The third-order valence-corrected chi connectivity index (χ3v) is 4.90. The fourth-order valence-electron chi connectivity index (χ4n) is 3.44. The molecule has 2 aliphatic rings. The summed E-state index contributed by atoms with van der Waals surface area (Å²) in [7, 11) is 0. The fraction of sp³-hybridized carbons (Fsp3) is 0.500. The largest absolute Gasteiger partial charge is 0.454 e. The molecule has 0 unspecified atom stereocenters. The Kier molecular flexibility index (Phi) is 5.29. The van der Waals surface area contributed by atoms with E-state index < -0.39 is 0 Å². The van der Waals surface area contributed by atoms with Gasteiger partial charge >= 0.3 is 0 Å². The van der Waals surface area contributed by atoms with Crippen LogP contribution in [-0.2, 0) is 6.54 Å². The lowest BCUT2D eigenvalue weighted by Gasteiger charge is -2.35. The quantitative estimate of drug-likeness (QED) is 0.840. The smallest absolute Gasteiger partial charge is 0.231 e. The Morgan fingerprint density at radius 3 is 2.67 bits per heavy atom. The lowest BCUT2D eigenvalue weighted by atomic mass is 10.1. The number of rotatable bonds is 6. The number of hydrogen-bond acceptors (Lipinski definition) is 7. The predicted octanol–water partition coefficient (Wildman–Crippen LogP) is 2.66. The van der Waals surface area contributed by atoms with Crippen LogP contribution in [0.2, 0.25) is 0 Å². The Balaban J connectivity index is 1.35. The number of benzene rings is 1. The van der Waals surface area contributed by atoms with Crippen molar-refractivity contribution in [2.45, 2.75) is 26.8 Å². The molecule has 7 nitrogen and oxygen atoms in total. The first-order valence-corrected chi connectivity index (χ1v) is 9.66. The maximum atomic E-state index is 5.48. The van der Waals surface area contributed by atoms with Gasteiger partial charge in [-0.2, -0.15) is 4.98 Å². The number of nitrogens with one attached hydrogen (secondary N) is 1. The van der Waals surface area contributed by atoms with E-state index in [1.807, 2.05) is 19.1 Å². The van der Waals surface area contributed by atoms with Gasteiger partial charge in [0.05, 0.1) is 0 Å². The van der Waals surface area contributed by atoms with E-state index in [-0.39, 0.29) is 0 Å². The number of fused-ring (bicyclic) bond motifs is 1. The van der Waals surface area contributed by atoms with Crippen LogP contribution in [0.1, 0.15) is 24.6 Å². The average molecular weight is 369 g/mol. The van der Waals surface area contributed by atoms with E-state index in [4.69, 9.17) is 14.5 Å². The van der Waals surface area contributed by atoms with Gasteiger partial charge in [0.15, 0.2) is 11.5 Å². The second-order valence-electron chi connectivity index (χ2n) is 7.07. The summed E-state index contributed by atoms with van der Waals surface area (Å²) >= 11 is 0. The third kappa shape index (κ3) is 4.24. The minimum Gasteiger partial charge on any atom is -0.454 e. The van der Waals surface area contributed by atoms with E-state index in [9.17, 15) is 0 Å². The van der Waals surface area contributed by atoms with Crippen molar-refractivity contribution >= 4 is 11.8 Å². The Morgan fingerprint density at radius 2 is 1.85 bits per heavy atom. The maximum absolute atomic E-state index is 5.48. The zero-order valence-corrected chi connectivity index (χ0v) is 16.1. The van der Waals surface area contributed by atoms with Gasteiger partial charge in [-0.25, -0.2) is 4.98 Å². The molecule has 1 fully saturated rings. The van der Waals surface area contributed by atoms with E-state index in [1.54, 1.807) is 0 Å². The number of aryl methyl sites for hydroxylation is 1. The van der Waals surface area contributed by atoms with Crippen LogP contribution in [0.4, 0.5) is 11.8 Å². The van der Waals surface area contributed by atoms with Crippen LogP contribution >= 0.6 is 0 Å². The molecule has 1 aromatic carbocycles. The summed E-state index contributed by atoms with van der Waals surface area (Å²) in [6.45, 7) is 10.2. The maximum Gasteiger partial charge on any atom is 0.231 e. The first kappa shape index (κ1) is 17.9. The number of ether oxygens (including phenoxy) is 2. The van der Waals surface area contributed by atoms with E-state index in [0.717, 1.165) is 74.6 Å². The molecule has 27 heavy (non-hydrogen) atoms. The minimum atomic E-state index is 0.322. The topological polar surface area (TPSA) is 62.8 Å². The number of piperazine rings is 1. The normalized spacial score (nSPS) is 16.6. The van der Waals surface area contributed by atoms with Gasteiger partial charge in [-0.3, -0.25) is 4.90 Å². The molecule has 1 N–H and O–H groups in total. The van der Waals surface area contributed by atoms with Gasteiger partial charge in [-0.05, 0) is 31.0 Å². The Labute approximate surface area is 160 Å². The molecule has 7 heteroatoms. The van der Waals surface area contributed by atoms with Crippen LogP contribution in [0.5, 0.6) is 11.5 Å². The predicted molar refractivity (Wildman–Crippen MR) is 106 cm³/mol. The number of nitrogens with zero attached hydrogens (tertiary/aromatic N) is 4. The Morgan fingerprint density at radius 1 is 1.04 bits per heavy atom. The lowest BCUT2D eigenvalue weighted by Crippen LogP contribution is -2.46. The standard InChI is InChI=1S/C20H27N5O2/c1-3-6-21-19-11-15(2)22-20(23-19)25-9-7-24(8-10-25)13-16-4-5-17-18(12-16)27-14-26-17/h4-5,11-12H,3,6-10,13-14H2,1-2H3,(H,21,22,23). The van der Waals surface area contributed by atoms with Gasteiger partial charge in [-0.15, -0.1) is 0 Å². The molecule has 2 aromatic rings. The van der Waals surface area contributed by atoms with Crippen molar-refractivity contribution in [3.8, 4) is 11.5 Å². The highest BCUT2D eigenvalue weighted by Crippen LogP contribution is 2.32. The van der Waals surface area contributed by atoms with Gasteiger partial charge in [0, 0.05) is 51.0 Å². The first-order valence-electron chi connectivity index (χ1n) is 9.66. The molecule has 4 rings (SSSR count). The summed E-state index contributed by atoms with van der Waals surface area (Å²) < 4.78 is 10.9. The Hall–Kier alpha value is -2.54. The first-order chi connectivity index (χ1) is 13.2. The van der Waals surface area contributed by atoms with Gasteiger partial charge < -0.3 is 19.7 Å². The van der Waals surface area contributed by atoms with Crippen LogP contribution in [0.15, 0.2) is 24.3 Å². The molecule has 0 amide bonds. The van der Waals surface area contributed by atoms with E-state index in [0.29, 0.717) is 6.79 Å².